The summed E-state index contributed by atoms with van der Waals surface area (Å²) in [7, 11) is 1.56. The summed E-state index contributed by atoms with van der Waals surface area (Å²) in [6.07, 6.45) is -0.0902. The van der Waals surface area contributed by atoms with Crippen LogP contribution in [0.5, 0.6) is 5.75 Å². The van der Waals surface area contributed by atoms with Crippen molar-refractivity contribution in [1.82, 2.24) is 4.90 Å². The lowest BCUT2D eigenvalue weighted by Gasteiger charge is -2.26. The standard InChI is InChI=1S/C19H19N3O3/c1-24-16-9-5-4-8-15(16)21-19(23)25-17-10-11-22-12-13-6-2-3-7-14(13)20-18(17)22/h2-9,17H,10-12H2,1H3,(H,21,23)/t17-/m1/s1. The molecule has 128 valence electrons. The number of amidine groups is 1. The van der Waals surface area contributed by atoms with Crippen LogP contribution in [-0.2, 0) is 11.3 Å². The van der Waals surface area contributed by atoms with Gasteiger partial charge in [0.2, 0.25) is 0 Å². The molecule has 1 fully saturated rings. The van der Waals surface area contributed by atoms with Crippen LogP contribution in [0.3, 0.4) is 0 Å². The van der Waals surface area contributed by atoms with E-state index in [4.69, 9.17) is 14.5 Å². The van der Waals surface area contributed by atoms with Gasteiger partial charge in [-0.2, -0.15) is 0 Å². The molecule has 6 nitrogen and oxygen atoms in total. The lowest BCUT2D eigenvalue weighted by atomic mass is 10.1. The third-order valence-electron chi connectivity index (χ3n) is 4.45. The third-order valence-corrected chi connectivity index (χ3v) is 4.45. The summed E-state index contributed by atoms with van der Waals surface area (Å²) >= 11 is 0. The highest BCUT2D eigenvalue weighted by Gasteiger charge is 2.35. The Bertz CT molecular complexity index is 834. The summed E-state index contributed by atoms with van der Waals surface area (Å²) in [6, 6.07) is 15.3. The van der Waals surface area contributed by atoms with Crippen LogP contribution in [0.1, 0.15) is 12.0 Å². The molecular formula is C19H19N3O3. The van der Waals surface area contributed by atoms with Gasteiger partial charge < -0.3 is 14.4 Å². The number of methoxy groups -OCH3 is 1. The minimum Gasteiger partial charge on any atom is -0.495 e. The molecule has 2 aromatic carbocycles. The summed E-state index contributed by atoms with van der Waals surface area (Å²) in [5.74, 6) is 1.42. The molecule has 4 rings (SSSR count). The number of rotatable bonds is 3. The third kappa shape index (κ3) is 3.03. The molecule has 0 radical (unpaired) electrons. The number of aliphatic imine (C=N–C) groups is 1. The van der Waals surface area contributed by atoms with Crippen LogP contribution in [0.25, 0.3) is 0 Å². The second-order valence-electron chi connectivity index (χ2n) is 6.03. The Labute approximate surface area is 146 Å². The summed E-state index contributed by atoms with van der Waals surface area (Å²) < 4.78 is 10.9. The Morgan fingerprint density at radius 1 is 1.20 bits per heavy atom. The van der Waals surface area contributed by atoms with E-state index in [9.17, 15) is 4.79 Å². The molecule has 0 unspecified atom stereocenters. The summed E-state index contributed by atoms with van der Waals surface area (Å²) in [5.41, 5.74) is 2.74. The molecule has 2 aromatic rings. The molecule has 0 saturated carbocycles. The van der Waals surface area contributed by atoms with Crippen LogP contribution in [0.4, 0.5) is 16.2 Å². The zero-order valence-electron chi connectivity index (χ0n) is 13.9. The van der Waals surface area contributed by atoms with Gasteiger partial charge in [-0.1, -0.05) is 30.3 Å². The predicted molar refractivity (Wildman–Crippen MR) is 95.4 cm³/mol. The average molecular weight is 337 g/mol. The lowest BCUT2D eigenvalue weighted by Crippen LogP contribution is -2.34. The summed E-state index contributed by atoms with van der Waals surface area (Å²) in [6.45, 7) is 1.64. The summed E-state index contributed by atoms with van der Waals surface area (Å²) in [5, 5.41) is 2.74. The Hall–Kier alpha value is -3.02. The number of carbonyl (C=O) groups excluding carboxylic acids is 1. The predicted octanol–water partition coefficient (Wildman–Crippen LogP) is 3.56. The van der Waals surface area contributed by atoms with E-state index in [2.05, 4.69) is 16.3 Å². The number of nitrogens with zero attached hydrogens (tertiary/aromatic N) is 2. The molecule has 6 heteroatoms. The van der Waals surface area contributed by atoms with E-state index >= 15 is 0 Å². The molecule has 0 aliphatic carbocycles. The van der Waals surface area contributed by atoms with Gasteiger partial charge in [-0.3, -0.25) is 5.32 Å². The highest BCUT2D eigenvalue weighted by Crippen LogP contribution is 2.31. The van der Waals surface area contributed by atoms with Crippen molar-refractivity contribution in [2.75, 3.05) is 19.0 Å². The van der Waals surface area contributed by atoms with E-state index in [0.29, 0.717) is 11.4 Å². The van der Waals surface area contributed by atoms with Crippen molar-refractivity contribution in [2.45, 2.75) is 19.1 Å². The zero-order chi connectivity index (χ0) is 17.2. The molecule has 2 aliphatic heterocycles. The highest BCUT2D eigenvalue weighted by molar-refractivity contribution is 5.95. The fraction of sp³-hybridized carbons (Fsp3) is 0.263. The number of carbonyl (C=O) groups is 1. The van der Waals surface area contributed by atoms with Gasteiger partial charge in [-0.25, -0.2) is 9.79 Å². The number of hydrogen-bond acceptors (Lipinski definition) is 5. The van der Waals surface area contributed by atoms with E-state index in [1.807, 2.05) is 30.3 Å². The van der Waals surface area contributed by atoms with Crippen molar-refractivity contribution < 1.29 is 14.3 Å². The Morgan fingerprint density at radius 2 is 2.00 bits per heavy atom. The molecule has 0 aromatic heterocycles. The van der Waals surface area contributed by atoms with Crippen LogP contribution in [0, 0.1) is 0 Å². The maximum absolute atomic E-state index is 12.3. The Morgan fingerprint density at radius 3 is 2.88 bits per heavy atom. The molecule has 1 amide bonds. The molecule has 2 heterocycles. The minimum absolute atomic E-state index is 0.330. The van der Waals surface area contributed by atoms with Crippen molar-refractivity contribution in [3.8, 4) is 5.75 Å². The van der Waals surface area contributed by atoms with Gasteiger partial charge in [0.1, 0.15) is 11.6 Å². The first-order valence-electron chi connectivity index (χ1n) is 8.26. The minimum atomic E-state index is -0.502. The number of ether oxygens (including phenoxy) is 2. The monoisotopic (exact) mass is 337 g/mol. The molecular weight excluding hydrogens is 318 g/mol. The molecule has 0 spiro atoms. The molecule has 2 aliphatic rings. The topological polar surface area (TPSA) is 63.2 Å². The molecule has 1 saturated heterocycles. The van der Waals surface area contributed by atoms with Gasteiger partial charge in [-0.15, -0.1) is 0 Å². The van der Waals surface area contributed by atoms with Crippen molar-refractivity contribution in [2.24, 2.45) is 4.99 Å². The Kier molecular flexibility index (Phi) is 4.01. The lowest BCUT2D eigenvalue weighted by molar-refractivity contribution is 0.143. The molecule has 1 atom stereocenters. The fourth-order valence-electron chi connectivity index (χ4n) is 3.23. The van der Waals surface area contributed by atoms with Crippen molar-refractivity contribution >= 4 is 23.3 Å². The molecule has 1 N–H and O–H groups in total. The maximum atomic E-state index is 12.3. The van der Waals surface area contributed by atoms with Gasteiger partial charge >= 0.3 is 6.09 Å². The normalized spacial score (nSPS) is 18.0. The van der Waals surface area contributed by atoms with Crippen molar-refractivity contribution in [3.63, 3.8) is 0 Å². The molecule has 25 heavy (non-hydrogen) atoms. The van der Waals surface area contributed by atoms with Crippen LogP contribution >= 0.6 is 0 Å². The Balaban J connectivity index is 1.48. The second kappa shape index (κ2) is 6.47. The first-order chi connectivity index (χ1) is 12.2. The number of benzene rings is 2. The van der Waals surface area contributed by atoms with E-state index in [1.165, 1.54) is 5.56 Å². The maximum Gasteiger partial charge on any atom is 0.412 e. The summed E-state index contributed by atoms with van der Waals surface area (Å²) in [4.78, 5) is 19.2. The van der Waals surface area contributed by atoms with E-state index in [-0.39, 0.29) is 6.10 Å². The van der Waals surface area contributed by atoms with E-state index < -0.39 is 6.09 Å². The fourth-order valence-corrected chi connectivity index (χ4v) is 3.23. The van der Waals surface area contributed by atoms with Crippen molar-refractivity contribution in [1.29, 1.82) is 0 Å². The van der Waals surface area contributed by atoms with Crippen LogP contribution in [-0.4, -0.2) is 36.6 Å². The number of fused-ring (bicyclic) bond motifs is 2. The van der Waals surface area contributed by atoms with E-state index in [1.54, 1.807) is 19.2 Å². The number of anilines is 1. The largest absolute Gasteiger partial charge is 0.495 e. The number of nitrogens with one attached hydrogen (secondary N) is 1. The van der Waals surface area contributed by atoms with Crippen LogP contribution in [0.15, 0.2) is 53.5 Å². The average Bonchev–Trinajstić information content (AvgIpc) is 3.02. The zero-order valence-corrected chi connectivity index (χ0v) is 13.9. The highest BCUT2D eigenvalue weighted by atomic mass is 16.6. The second-order valence-corrected chi connectivity index (χ2v) is 6.03. The van der Waals surface area contributed by atoms with Crippen LogP contribution in [0.2, 0.25) is 0 Å². The SMILES string of the molecule is COc1ccccc1NC(=O)O[C@@H]1CCN2Cc3ccccc3N=C12. The number of amides is 1. The smallest absolute Gasteiger partial charge is 0.412 e. The van der Waals surface area contributed by atoms with Gasteiger partial charge in [0.25, 0.3) is 0 Å². The van der Waals surface area contributed by atoms with Crippen molar-refractivity contribution in [3.05, 3.63) is 54.1 Å². The first kappa shape index (κ1) is 15.5. The van der Waals surface area contributed by atoms with Gasteiger partial charge in [0.15, 0.2) is 6.10 Å². The van der Waals surface area contributed by atoms with E-state index in [0.717, 1.165) is 31.0 Å². The molecule has 0 bridgehead atoms. The first-order valence-corrected chi connectivity index (χ1v) is 8.26. The quantitative estimate of drug-likeness (QED) is 0.930. The van der Waals surface area contributed by atoms with Gasteiger partial charge in [0, 0.05) is 19.5 Å². The number of para-hydroxylation sites is 3. The number of hydrogen-bond donors (Lipinski definition) is 1. The van der Waals surface area contributed by atoms with Gasteiger partial charge in [-0.05, 0) is 23.8 Å². The van der Waals surface area contributed by atoms with Gasteiger partial charge in [0.05, 0.1) is 18.5 Å². The van der Waals surface area contributed by atoms with Crippen LogP contribution < -0.4 is 10.1 Å².